The summed E-state index contributed by atoms with van der Waals surface area (Å²) in [7, 11) is 0. The zero-order valence-electron chi connectivity index (χ0n) is 8.78. The van der Waals surface area contributed by atoms with Crippen LogP contribution in [0.3, 0.4) is 0 Å². The Labute approximate surface area is 95.6 Å². The first-order valence-corrected chi connectivity index (χ1v) is 5.28. The van der Waals surface area contributed by atoms with E-state index in [0.717, 1.165) is 11.0 Å². The van der Waals surface area contributed by atoms with Gasteiger partial charge in [0.05, 0.1) is 0 Å². The Morgan fingerprint density at radius 2 is 1.47 bits per heavy atom. The summed E-state index contributed by atoms with van der Waals surface area (Å²) in [6.45, 7) is 0. The predicted octanol–water partition coefficient (Wildman–Crippen LogP) is 1.83. The van der Waals surface area contributed by atoms with Crippen molar-refractivity contribution in [2.45, 2.75) is 0 Å². The van der Waals surface area contributed by atoms with E-state index in [-0.39, 0.29) is 11.5 Å². The molecule has 5 nitrogen and oxygen atoms in total. The van der Waals surface area contributed by atoms with Crippen LogP contribution in [-0.4, -0.2) is 24.3 Å². The fourth-order valence-electron chi connectivity index (χ4n) is 2.18. The van der Waals surface area contributed by atoms with E-state index in [9.17, 15) is 10.2 Å². The van der Waals surface area contributed by atoms with Crippen molar-refractivity contribution in [3.8, 4) is 17.2 Å². The van der Waals surface area contributed by atoms with Gasteiger partial charge in [0.25, 0.3) is 0 Å². The predicted molar refractivity (Wildman–Crippen MR) is 62.2 cm³/mol. The van der Waals surface area contributed by atoms with Gasteiger partial charge in [-0.05, 0) is 24.3 Å². The van der Waals surface area contributed by atoms with Crippen molar-refractivity contribution in [2.75, 3.05) is 0 Å². The SMILES string of the molecule is Oc1ccc(-n2n3c4ccccc4n23)c(O)c1. The molecule has 0 aliphatic heterocycles. The molecule has 84 valence electrons. The lowest BCUT2D eigenvalue weighted by molar-refractivity contribution is 0.448. The summed E-state index contributed by atoms with van der Waals surface area (Å²) in [6.07, 6.45) is 0. The highest BCUT2D eigenvalue weighted by molar-refractivity contribution is 5.79. The van der Waals surface area contributed by atoms with Crippen LogP contribution >= 0.6 is 0 Å². The van der Waals surface area contributed by atoms with E-state index in [0.29, 0.717) is 5.69 Å². The number of nitrogens with zero attached hydrogens (tertiary/aromatic N) is 3. The van der Waals surface area contributed by atoms with E-state index in [2.05, 4.69) is 0 Å². The van der Waals surface area contributed by atoms with Gasteiger partial charge < -0.3 is 10.2 Å². The minimum absolute atomic E-state index is 0.0583. The topological polar surface area (TPSA) is 54.2 Å². The van der Waals surface area contributed by atoms with Crippen molar-refractivity contribution in [1.82, 2.24) is 14.1 Å². The quantitative estimate of drug-likeness (QED) is 0.521. The average Bonchev–Trinajstić information content (AvgIpc) is 2.94. The van der Waals surface area contributed by atoms with Gasteiger partial charge in [-0.2, -0.15) is 0 Å². The van der Waals surface area contributed by atoms with Gasteiger partial charge in [-0.1, -0.05) is 12.1 Å². The number of aromatic nitrogens is 3. The van der Waals surface area contributed by atoms with Crippen LogP contribution in [0.25, 0.3) is 16.7 Å². The number of aromatic hydroxyl groups is 2. The summed E-state index contributed by atoms with van der Waals surface area (Å²) in [5.74, 6) is 0.119. The zero-order valence-corrected chi connectivity index (χ0v) is 8.78. The van der Waals surface area contributed by atoms with Gasteiger partial charge in [0.15, 0.2) is 0 Å². The molecule has 0 bridgehead atoms. The molecule has 17 heavy (non-hydrogen) atoms. The molecule has 0 aliphatic carbocycles. The largest absolute Gasteiger partial charge is 0.508 e. The number of rotatable bonds is 1. The molecule has 4 rings (SSSR count). The minimum Gasteiger partial charge on any atom is -0.508 e. The van der Waals surface area contributed by atoms with Crippen LogP contribution in [0.4, 0.5) is 0 Å². The molecule has 5 heteroatoms. The molecule has 2 heterocycles. The van der Waals surface area contributed by atoms with E-state index in [1.807, 2.05) is 38.3 Å². The number of phenolic OH excluding ortho intramolecular Hbond substituents is 2. The summed E-state index contributed by atoms with van der Waals surface area (Å²) < 4.78 is 3.89. The third-order valence-electron chi connectivity index (χ3n) is 2.99. The second-order valence-electron chi connectivity index (χ2n) is 4.03. The molecule has 2 N–H and O–H groups in total. The van der Waals surface area contributed by atoms with Gasteiger partial charge >= 0.3 is 0 Å². The van der Waals surface area contributed by atoms with Crippen molar-refractivity contribution < 1.29 is 10.2 Å². The van der Waals surface area contributed by atoms with Gasteiger partial charge in [-0.15, -0.1) is 14.1 Å². The van der Waals surface area contributed by atoms with E-state index in [1.165, 1.54) is 6.07 Å². The molecule has 0 unspecified atom stereocenters. The van der Waals surface area contributed by atoms with Crippen LogP contribution in [0.2, 0.25) is 0 Å². The minimum atomic E-state index is 0.0583. The monoisotopic (exact) mass is 227 g/mol. The molecule has 2 aromatic heterocycles. The average molecular weight is 227 g/mol. The molecule has 0 aliphatic rings. The van der Waals surface area contributed by atoms with Crippen molar-refractivity contribution in [3.63, 3.8) is 0 Å². The smallest absolute Gasteiger partial charge is 0.146 e. The van der Waals surface area contributed by atoms with E-state index in [1.54, 1.807) is 12.1 Å². The number of phenols is 2. The molecular weight excluding hydrogens is 218 g/mol. The molecule has 0 atom stereocenters. The van der Waals surface area contributed by atoms with Gasteiger partial charge in [0.2, 0.25) is 0 Å². The Kier molecular flexibility index (Phi) is 1.30. The molecular formula is C12H9N3O2. The first-order valence-electron chi connectivity index (χ1n) is 5.28. The lowest BCUT2D eigenvalue weighted by Gasteiger charge is -1.98. The maximum Gasteiger partial charge on any atom is 0.146 e. The molecule has 2 aromatic carbocycles. The Balaban J connectivity index is 1.97. The molecule has 0 radical (unpaired) electrons. The highest BCUT2D eigenvalue weighted by atomic mass is 16.3. The lowest BCUT2D eigenvalue weighted by atomic mass is 10.3. The maximum absolute atomic E-state index is 9.79. The summed E-state index contributed by atoms with van der Waals surface area (Å²) in [5.41, 5.74) is 2.87. The Morgan fingerprint density at radius 1 is 0.824 bits per heavy atom. The van der Waals surface area contributed by atoms with Gasteiger partial charge in [-0.25, -0.2) is 0 Å². The molecule has 0 saturated heterocycles. The van der Waals surface area contributed by atoms with E-state index >= 15 is 0 Å². The number of fused-ring (bicyclic) bond motifs is 4. The van der Waals surface area contributed by atoms with Gasteiger partial charge in [-0.3, -0.25) is 0 Å². The zero-order chi connectivity index (χ0) is 11.6. The third-order valence-corrected chi connectivity index (χ3v) is 2.99. The highest BCUT2D eigenvalue weighted by Gasteiger charge is 2.24. The third kappa shape index (κ3) is 0.932. The maximum atomic E-state index is 9.79. The van der Waals surface area contributed by atoms with Crippen molar-refractivity contribution in [3.05, 3.63) is 42.5 Å². The first kappa shape index (κ1) is 8.58. The molecule has 0 fully saturated rings. The van der Waals surface area contributed by atoms with Crippen LogP contribution in [0.1, 0.15) is 0 Å². The number of hydrogen-bond acceptors (Lipinski definition) is 2. The van der Waals surface area contributed by atoms with Crippen molar-refractivity contribution in [1.29, 1.82) is 0 Å². The standard InChI is InChI=1S/C12H9N3O2/c16-8-5-6-11(12(17)7-8)15-13-9-3-1-2-4-10(9)14(13)15/h1-7,16-17H. The first-order chi connectivity index (χ1) is 8.27. The van der Waals surface area contributed by atoms with Gasteiger partial charge in [0, 0.05) is 6.07 Å². The van der Waals surface area contributed by atoms with E-state index < -0.39 is 0 Å². The number of benzene rings is 2. The van der Waals surface area contributed by atoms with Crippen LogP contribution in [0.15, 0.2) is 42.5 Å². The lowest BCUT2D eigenvalue weighted by Crippen LogP contribution is -1.87. The Bertz CT molecular complexity index is 779. The van der Waals surface area contributed by atoms with Gasteiger partial charge in [0.1, 0.15) is 28.2 Å². The molecule has 4 aromatic rings. The Morgan fingerprint density at radius 3 is 2.06 bits per heavy atom. The normalized spacial score (nSPS) is 12.0. The molecule has 0 saturated carbocycles. The second kappa shape index (κ2) is 2.57. The fraction of sp³-hybridized carbons (Fsp3) is 0. The summed E-state index contributed by atoms with van der Waals surface area (Å²) >= 11 is 0. The summed E-state index contributed by atoms with van der Waals surface area (Å²) in [4.78, 5) is 1.85. The highest BCUT2D eigenvalue weighted by Crippen LogP contribution is 2.31. The van der Waals surface area contributed by atoms with Crippen LogP contribution in [0, 0.1) is 0 Å². The summed E-state index contributed by atoms with van der Waals surface area (Å²) in [6, 6.07) is 12.6. The van der Waals surface area contributed by atoms with E-state index in [4.69, 9.17) is 0 Å². The fourth-order valence-corrected chi connectivity index (χ4v) is 2.18. The van der Waals surface area contributed by atoms with Crippen LogP contribution in [0.5, 0.6) is 11.5 Å². The van der Waals surface area contributed by atoms with Crippen LogP contribution in [-0.2, 0) is 0 Å². The van der Waals surface area contributed by atoms with Crippen molar-refractivity contribution >= 4 is 11.0 Å². The Hall–Kier alpha value is -2.56. The second-order valence-corrected chi connectivity index (χ2v) is 4.03. The molecule has 0 amide bonds. The molecule has 0 spiro atoms. The summed E-state index contributed by atoms with van der Waals surface area (Å²) in [5, 5.41) is 19.0. The number of para-hydroxylation sites is 2. The number of hydrogen-bond donors (Lipinski definition) is 2. The van der Waals surface area contributed by atoms with Crippen molar-refractivity contribution in [2.24, 2.45) is 0 Å². The van der Waals surface area contributed by atoms with Crippen LogP contribution < -0.4 is 0 Å².